The fraction of sp³-hybridized carbons (Fsp3) is 0.531. The minimum atomic E-state index is -0.450. The molecule has 2 fully saturated rings. The van der Waals surface area contributed by atoms with Crippen molar-refractivity contribution in [2.75, 3.05) is 52.4 Å². The van der Waals surface area contributed by atoms with Gasteiger partial charge >= 0.3 is 0 Å². The van der Waals surface area contributed by atoms with Crippen LogP contribution >= 0.6 is 0 Å². The van der Waals surface area contributed by atoms with E-state index in [1.54, 1.807) is 17.7 Å². The summed E-state index contributed by atoms with van der Waals surface area (Å²) in [5.74, 6) is 1.47. The van der Waals surface area contributed by atoms with Crippen molar-refractivity contribution in [1.29, 1.82) is 0 Å². The summed E-state index contributed by atoms with van der Waals surface area (Å²) < 4.78 is 0. The van der Waals surface area contributed by atoms with Gasteiger partial charge in [-0.05, 0) is 61.1 Å². The zero-order valence-corrected chi connectivity index (χ0v) is 23.4. The summed E-state index contributed by atoms with van der Waals surface area (Å²) in [6, 6.07) is 16.8. The number of rotatable bonds is 11. The molecule has 1 amide bonds. The first-order valence-corrected chi connectivity index (χ1v) is 14.5. The third-order valence-electron chi connectivity index (χ3n) is 9.47. The fourth-order valence-electron chi connectivity index (χ4n) is 6.73. The number of amides is 1. The molecule has 2 bridgehead atoms. The third-order valence-corrected chi connectivity index (χ3v) is 9.47. The molecule has 39 heavy (non-hydrogen) atoms. The number of piperazine rings is 1. The van der Waals surface area contributed by atoms with Crippen molar-refractivity contribution in [3.8, 4) is 0 Å². The number of carbonyl (C=O) groups excluding carboxylic acids is 1. The topological polar surface area (TPSA) is 69.9 Å². The molecule has 0 N–H and O–H groups in total. The largest absolute Gasteiger partial charge is 0.336 e. The highest BCUT2D eigenvalue weighted by Gasteiger charge is 2.51. The molecular formula is C32H42N4O3. The fourth-order valence-corrected chi connectivity index (χ4v) is 6.73. The molecule has 0 aromatic heterocycles. The molecule has 4 aliphatic rings. The van der Waals surface area contributed by atoms with Crippen LogP contribution in [-0.2, 0) is 6.42 Å². The molecule has 1 saturated heterocycles. The number of allylic oxidation sites excluding steroid dienone is 1. The SMILES string of the molecule is CC1(C)C2CC=C(CN(CCCc3ccccc3)CCN3CCN(C(=O)c4cccc([N+](=O)[O-])c4)CC3)C1C2. The van der Waals surface area contributed by atoms with Gasteiger partial charge in [0.1, 0.15) is 0 Å². The normalized spacial score (nSPS) is 22.3. The van der Waals surface area contributed by atoms with E-state index < -0.39 is 4.92 Å². The Kier molecular flexibility index (Phi) is 8.48. The zero-order chi connectivity index (χ0) is 27.4. The van der Waals surface area contributed by atoms with Gasteiger partial charge in [-0.2, -0.15) is 0 Å². The maximum atomic E-state index is 13.0. The molecule has 6 rings (SSSR count). The first-order chi connectivity index (χ1) is 18.8. The van der Waals surface area contributed by atoms with Crippen molar-refractivity contribution in [2.45, 2.75) is 39.5 Å². The Morgan fingerprint density at radius 2 is 1.82 bits per heavy atom. The van der Waals surface area contributed by atoms with Gasteiger partial charge in [0, 0.05) is 63.5 Å². The molecular weight excluding hydrogens is 488 g/mol. The van der Waals surface area contributed by atoms with E-state index >= 15 is 0 Å². The van der Waals surface area contributed by atoms with Crippen molar-refractivity contribution in [3.05, 3.63) is 87.5 Å². The van der Waals surface area contributed by atoms with Crippen LogP contribution in [-0.4, -0.2) is 77.9 Å². The number of nitro benzene ring substituents is 1. The Hall–Kier alpha value is -3.03. The predicted octanol–water partition coefficient (Wildman–Crippen LogP) is 5.28. The van der Waals surface area contributed by atoms with Crippen LogP contribution in [0.2, 0.25) is 0 Å². The van der Waals surface area contributed by atoms with E-state index in [0.29, 0.717) is 24.1 Å². The summed E-state index contributed by atoms with van der Waals surface area (Å²) in [6.45, 7) is 12.1. The van der Waals surface area contributed by atoms with Crippen LogP contribution in [0.25, 0.3) is 0 Å². The van der Waals surface area contributed by atoms with Crippen LogP contribution < -0.4 is 0 Å². The lowest BCUT2D eigenvalue weighted by Crippen LogP contribution is -2.51. The smallest absolute Gasteiger partial charge is 0.270 e. The van der Waals surface area contributed by atoms with E-state index in [2.05, 4.69) is 60.1 Å². The van der Waals surface area contributed by atoms with Gasteiger partial charge in [0.15, 0.2) is 0 Å². The molecule has 1 saturated carbocycles. The van der Waals surface area contributed by atoms with Crippen molar-refractivity contribution < 1.29 is 9.72 Å². The minimum Gasteiger partial charge on any atom is -0.336 e. The molecule has 3 aliphatic carbocycles. The summed E-state index contributed by atoms with van der Waals surface area (Å²) in [4.78, 5) is 30.6. The van der Waals surface area contributed by atoms with Gasteiger partial charge in [-0.1, -0.05) is 61.9 Å². The van der Waals surface area contributed by atoms with E-state index in [1.165, 1.54) is 30.5 Å². The summed E-state index contributed by atoms with van der Waals surface area (Å²) >= 11 is 0. The van der Waals surface area contributed by atoms with E-state index in [9.17, 15) is 14.9 Å². The molecule has 7 nitrogen and oxygen atoms in total. The van der Waals surface area contributed by atoms with Crippen LogP contribution in [0.15, 0.2) is 66.2 Å². The Bertz CT molecular complexity index is 1190. The molecule has 2 aromatic rings. The molecule has 7 heteroatoms. The van der Waals surface area contributed by atoms with Crippen molar-refractivity contribution in [2.24, 2.45) is 17.3 Å². The average Bonchev–Trinajstić information content (AvgIpc) is 2.96. The summed E-state index contributed by atoms with van der Waals surface area (Å²) in [6.07, 6.45) is 7.38. The highest BCUT2D eigenvalue weighted by molar-refractivity contribution is 5.94. The van der Waals surface area contributed by atoms with Gasteiger partial charge < -0.3 is 4.90 Å². The van der Waals surface area contributed by atoms with Gasteiger partial charge in [0.25, 0.3) is 11.6 Å². The number of nitrogens with zero attached hydrogens (tertiary/aromatic N) is 4. The van der Waals surface area contributed by atoms with E-state index in [4.69, 9.17) is 0 Å². The molecule has 2 atom stereocenters. The number of carbonyl (C=O) groups is 1. The number of hydrogen-bond acceptors (Lipinski definition) is 5. The lowest BCUT2D eigenvalue weighted by molar-refractivity contribution is -0.384. The maximum Gasteiger partial charge on any atom is 0.270 e. The maximum absolute atomic E-state index is 13.0. The third kappa shape index (κ3) is 6.42. The molecule has 0 radical (unpaired) electrons. The standard InChI is InChI=1S/C32H42N4O3/c1-32(2)28-14-13-27(30(32)23-28)24-34(15-7-10-25-8-4-3-5-9-25)17-16-33-18-20-35(21-19-33)31(37)26-11-6-12-29(22-26)36(38)39/h3-6,8-9,11-13,22,28,30H,7,10,14-21,23-24H2,1-2H3. The molecule has 2 unspecified atom stereocenters. The van der Waals surface area contributed by atoms with Crippen LogP contribution in [0, 0.1) is 27.4 Å². The highest BCUT2D eigenvalue weighted by atomic mass is 16.6. The number of non-ortho nitro benzene ring substituents is 1. The Balaban J connectivity index is 1.14. The van der Waals surface area contributed by atoms with Gasteiger partial charge in [-0.15, -0.1) is 0 Å². The second-order valence-electron chi connectivity index (χ2n) is 12.1. The molecule has 0 spiro atoms. The highest BCUT2D eigenvalue weighted by Crippen LogP contribution is 2.59. The molecule has 1 aliphatic heterocycles. The Labute approximate surface area is 232 Å². The molecule has 208 valence electrons. The molecule has 1 heterocycles. The van der Waals surface area contributed by atoms with Crippen molar-refractivity contribution in [3.63, 3.8) is 0 Å². The number of fused-ring (bicyclic) bond motifs is 1. The minimum absolute atomic E-state index is 0.0410. The van der Waals surface area contributed by atoms with Crippen LogP contribution in [0.3, 0.4) is 0 Å². The van der Waals surface area contributed by atoms with E-state index in [0.717, 1.165) is 63.9 Å². The van der Waals surface area contributed by atoms with Crippen LogP contribution in [0.5, 0.6) is 0 Å². The van der Waals surface area contributed by atoms with Crippen molar-refractivity contribution in [1.82, 2.24) is 14.7 Å². The van der Waals surface area contributed by atoms with Crippen molar-refractivity contribution >= 4 is 11.6 Å². The summed E-state index contributed by atoms with van der Waals surface area (Å²) in [5.41, 5.74) is 3.85. The van der Waals surface area contributed by atoms with Gasteiger partial charge in [0.05, 0.1) is 4.92 Å². The van der Waals surface area contributed by atoms with Crippen LogP contribution in [0.4, 0.5) is 5.69 Å². The lowest BCUT2D eigenvalue weighted by atomic mass is 9.49. The first kappa shape index (κ1) is 27.5. The zero-order valence-electron chi connectivity index (χ0n) is 23.4. The van der Waals surface area contributed by atoms with E-state index in [1.807, 2.05) is 4.90 Å². The number of hydrogen-bond donors (Lipinski definition) is 0. The van der Waals surface area contributed by atoms with Gasteiger partial charge in [-0.3, -0.25) is 24.7 Å². The monoisotopic (exact) mass is 530 g/mol. The first-order valence-electron chi connectivity index (χ1n) is 14.5. The number of benzene rings is 2. The average molecular weight is 531 g/mol. The van der Waals surface area contributed by atoms with Gasteiger partial charge in [-0.25, -0.2) is 0 Å². The quantitative estimate of drug-likeness (QED) is 0.225. The number of nitro groups is 1. The molecule has 2 aromatic carbocycles. The Morgan fingerprint density at radius 3 is 2.51 bits per heavy atom. The Morgan fingerprint density at radius 1 is 1.05 bits per heavy atom. The second kappa shape index (κ2) is 12.0. The predicted molar refractivity (Wildman–Crippen MR) is 155 cm³/mol. The second-order valence-corrected chi connectivity index (χ2v) is 12.1. The van der Waals surface area contributed by atoms with Crippen LogP contribution in [0.1, 0.15) is 49.0 Å². The number of aryl methyl sites for hydroxylation is 1. The summed E-state index contributed by atoms with van der Waals surface area (Å²) in [7, 11) is 0. The lowest BCUT2D eigenvalue weighted by Gasteiger charge is -2.57. The van der Waals surface area contributed by atoms with E-state index in [-0.39, 0.29) is 11.6 Å². The van der Waals surface area contributed by atoms with Gasteiger partial charge in [0.2, 0.25) is 0 Å². The summed E-state index contributed by atoms with van der Waals surface area (Å²) in [5, 5.41) is 11.1.